The molecule has 1 aliphatic rings. The molecule has 1 fully saturated rings. The predicted octanol–water partition coefficient (Wildman–Crippen LogP) is 1.31. The molecule has 0 spiro atoms. The number of rotatable bonds is 6. The van der Waals surface area contributed by atoms with Gasteiger partial charge in [0.2, 0.25) is 0 Å². The van der Waals surface area contributed by atoms with Crippen molar-refractivity contribution in [2.45, 2.75) is 38.4 Å². The molecule has 0 aliphatic heterocycles. The second kappa shape index (κ2) is 5.24. The number of hydrogen-bond donors (Lipinski definition) is 2. The molecule has 0 radical (unpaired) electrons. The highest BCUT2D eigenvalue weighted by atomic mass is 15.0. The lowest BCUT2D eigenvalue weighted by molar-refractivity contribution is 0.500. The van der Waals surface area contributed by atoms with Crippen molar-refractivity contribution < 1.29 is 0 Å². The van der Waals surface area contributed by atoms with E-state index in [4.69, 9.17) is 0 Å². The fourth-order valence-corrected chi connectivity index (χ4v) is 1.50. The molecular weight excluding hydrogens is 186 g/mol. The lowest BCUT2D eigenvalue weighted by Gasteiger charge is -2.14. The van der Waals surface area contributed by atoms with E-state index in [1.807, 2.05) is 24.5 Å². The Morgan fingerprint density at radius 2 is 2.13 bits per heavy atom. The van der Waals surface area contributed by atoms with Gasteiger partial charge in [-0.1, -0.05) is 0 Å². The maximum Gasteiger partial charge on any atom is 0.0271 e. The van der Waals surface area contributed by atoms with Crippen LogP contribution in [-0.2, 0) is 6.54 Å². The molecule has 1 heterocycles. The van der Waals surface area contributed by atoms with Crippen LogP contribution in [0.1, 0.15) is 25.3 Å². The molecule has 2 rings (SSSR count). The van der Waals surface area contributed by atoms with Gasteiger partial charge in [0.05, 0.1) is 0 Å². The monoisotopic (exact) mass is 205 g/mol. The molecule has 1 aliphatic carbocycles. The van der Waals surface area contributed by atoms with E-state index in [1.165, 1.54) is 18.4 Å². The van der Waals surface area contributed by atoms with Gasteiger partial charge in [0.15, 0.2) is 0 Å². The summed E-state index contributed by atoms with van der Waals surface area (Å²) in [6.07, 6.45) is 6.39. The summed E-state index contributed by atoms with van der Waals surface area (Å²) in [5.41, 5.74) is 1.29. The summed E-state index contributed by atoms with van der Waals surface area (Å²) in [4.78, 5) is 4.00. The van der Waals surface area contributed by atoms with Crippen molar-refractivity contribution in [2.24, 2.45) is 0 Å². The Labute approximate surface area is 91.3 Å². The Balaban J connectivity index is 1.63. The standard InChI is InChI=1S/C12H19N3/c1-10(8-15-12-2-3-12)14-9-11-4-6-13-7-5-11/h4-7,10,12,14-15H,2-3,8-9H2,1H3. The molecule has 0 amide bonds. The van der Waals surface area contributed by atoms with Gasteiger partial charge >= 0.3 is 0 Å². The zero-order valence-corrected chi connectivity index (χ0v) is 9.24. The van der Waals surface area contributed by atoms with E-state index in [2.05, 4.69) is 22.5 Å². The van der Waals surface area contributed by atoms with Gasteiger partial charge in [0.1, 0.15) is 0 Å². The summed E-state index contributed by atoms with van der Waals surface area (Å²) in [6, 6.07) is 5.43. The summed E-state index contributed by atoms with van der Waals surface area (Å²) < 4.78 is 0. The molecule has 1 aromatic heterocycles. The fraction of sp³-hybridized carbons (Fsp3) is 0.583. The van der Waals surface area contributed by atoms with Gasteiger partial charge < -0.3 is 10.6 Å². The molecule has 1 saturated carbocycles. The van der Waals surface area contributed by atoms with Crippen LogP contribution < -0.4 is 10.6 Å². The van der Waals surface area contributed by atoms with Gasteiger partial charge in [0, 0.05) is 37.6 Å². The van der Waals surface area contributed by atoms with E-state index in [1.54, 1.807) is 0 Å². The smallest absolute Gasteiger partial charge is 0.0271 e. The van der Waals surface area contributed by atoms with E-state index < -0.39 is 0 Å². The van der Waals surface area contributed by atoms with Crippen molar-refractivity contribution in [1.29, 1.82) is 0 Å². The van der Waals surface area contributed by atoms with Gasteiger partial charge in [-0.2, -0.15) is 0 Å². The van der Waals surface area contributed by atoms with Crippen LogP contribution in [0.4, 0.5) is 0 Å². The van der Waals surface area contributed by atoms with Gasteiger partial charge in [-0.05, 0) is 37.5 Å². The first-order valence-corrected chi connectivity index (χ1v) is 5.70. The second-order valence-electron chi connectivity index (χ2n) is 4.32. The minimum absolute atomic E-state index is 0.527. The third kappa shape index (κ3) is 3.98. The lowest BCUT2D eigenvalue weighted by atomic mass is 10.2. The van der Waals surface area contributed by atoms with E-state index >= 15 is 0 Å². The van der Waals surface area contributed by atoms with Gasteiger partial charge in [-0.15, -0.1) is 0 Å². The third-order valence-corrected chi connectivity index (χ3v) is 2.69. The van der Waals surface area contributed by atoms with E-state index in [0.717, 1.165) is 19.1 Å². The van der Waals surface area contributed by atoms with Gasteiger partial charge in [0.25, 0.3) is 0 Å². The highest BCUT2D eigenvalue weighted by Gasteiger charge is 2.20. The van der Waals surface area contributed by atoms with Gasteiger partial charge in [-0.3, -0.25) is 4.98 Å². The predicted molar refractivity (Wildman–Crippen MR) is 61.6 cm³/mol. The molecule has 1 aromatic rings. The van der Waals surface area contributed by atoms with E-state index in [-0.39, 0.29) is 0 Å². The van der Waals surface area contributed by atoms with Crippen LogP contribution >= 0.6 is 0 Å². The molecule has 3 heteroatoms. The molecule has 0 aromatic carbocycles. The molecule has 1 unspecified atom stereocenters. The molecular formula is C12H19N3. The minimum Gasteiger partial charge on any atom is -0.312 e. The maximum absolute atomic E-state index is 4.00. The molecule has 0 bridgehead atoms. The van der Waals surface area contributed by atoms with Crippen molar-refractivity contribution in [3.8, 4) is 0 Å². The molecule has 1 atom stereocenters. The highest BCUT2D eigenvalue weighted by Crippen LogP contribution is 2.18. The summed E-state index contributed by atoms with van der Waals surface area (Å²) in [5.74, 6) is 0. The Kier molecular flexibility index (Phi) is 3.69. The van der Waals surface area contributed by atoms with Crippen molar-refractivity contribution in [2.75, 3.05) is 6.54 Å². The molecule has 0 saturated heterocycles. The SMILES string of the molecule is CC(CNC1CC1)NCc1ccncc1. The van der Waals surface area contributed by atoms with Crippen LogP contribution in [-0.4, -0.2) is 23.6 Å². The summed E-state index contributed by atoms with van der Waals surface area (Å²) in [7, 11) is 0. The van der Waals surface area contributed by atoms with Crippen molar-refractivity contribution >= 4 is 0 Å². The number of hydrogen-bond acceptors (Lipinski definition) is 3. The third-order valence-electron chi connectivity index (χ3n) is 2.69. The number of nitrogens with one attached hydrogen (secondary N) is 2. The molecule has 2 N–H and O–H groups in total. The molecule has 3 nitrogen and oxygen atoms in total. The minimum atomic E-state index is 0.527. The van der Waals surface area contributed by atoms with Crippen LogP contribution in [0.25, 0.3) is 0 Å². The topological polar surface area (TPSA) is 37.0 Å². The average molecular weight is 205 g/mol. The normalized spacial score (nSPS) is 17.7. The molecule has 82 valence electrons. The van der Waals surface area contributed by atoms with Crippen molar-refractivity contribution in [3.05, 3.63) is 30.1 Å². The summed E-state index contributed by atoms with van der Waals surface area (Å²) in [6.45, 7) is 4.21. The molecule has 15 heavy (non-hydrogen) atoms. The summed E-state index contributed by atoms with van der Waals surface area (Å²) in [5, 5.41) is 7.01. The first kappa shape index (κ1) is 10.6. The Morgan fingerprint density at radius 1 is 1.40 bits per heavy atom. The average Bonchev–Trinajstić information content (AvgIpc) is 3.09. The Hall–Kier alpha value is -0.930. The van der Waals surface area contributed by atoms with Crippen molar-refractivity contribution in [3.63, 3.8) is 0 Å². The van der Waals surface area contributed by atoms with E-state index in [9.17, 15) is 0 Å². The van der Waals surface area contributed by atoms with E-state index in [0.29, 0.717) is 6.04 Å². The maximum atomic E-state index is 4.00. The number of nitrogens with zero attached hydrogens (tertiary/aromatic N) is 1. The Morgan fingerprint density at radius 3 is 2.80 bits per heavy atom. The second-order valence-corrected chi connectivity index (χ2v) is 4.32. The summed E-state index contributed by atoms with van der Waals surface area (Å²) >= 11 is 0. The quantitative estimate of drug-likeness (QED) is 0.735. The van der Waals surface area contributed by atoms with Gasteiger partial charge in [-0.25, -0.2) is 0 Å². The van der Waals surface area contributed by atoms with Crippen LogP contribution in [0.5, 0.6) is 0 Å². The zero-order valence-electron chi connectivity index (χ0n) is 9.24. The highest BCUT2D eigenvalue weighted by molar-refractivity contribution is 5.09. The van der Waals surface area contributed by atoms with Crippen LogP contribution in [0.3, 0.4) is 0 Å². The van der Waals surface area contributed by atoms with Crippen molar-refractivity contribution in [1.82, 2.24) is 15.6 Å². The first-order valence-electron chi connectivity index (χ1n) is 5.70. The fourth-order valence-electron chi connectivity index (χ4n) is 1.50. The zero-order chi connectivity index (χ0) is 10.5. The largest absolute Gasteiger partial charge is 0.312 e. The van der Waals surface area contributed by atoms with Crippen LogP contribution in [0.2, 0.25) is 0 Å². The van der Waals surface area contributed by atoms with Crippen LogP contribution in [0, 0.1) is 0 Å². The number of aromatic nitrogens is 1. The first-order chi connectivity index (χ1) is 7.34. The lowest BCUT2D eigenvalue weighted by Crippen LogP contribution is -2.36. The van der Waals surface area contributed by atoms with Crippen LogP contribution in [0.15, 0.2) is 24.5 Å². The number of pyridine rings is 1. The Bertz CT molecular complexity index is 282.